The standard InChI is InChI=1S/C47H43N3O9S/c1-6-56-38-26-33(21-24-37(38)59-28-40(51)55-5)43-41(46(54)58-8-3)29(4)48-47-50(43)44(52)39(60-47)27-34-25-36(30-15-11-9-12-16-30)49(42(34)31-17-13-10-14-18-31)35-22-19-32(20-23-35)45(53)57-7-2/h9-27,43H,6-8,28H2,1-5H3/b39-27+/t43-/m1/s1. The molecule has 306 valence electrons. The van der Waals surface area contributed by atoms with E-state index in [1.165, 1.54) is 23.0 Å². The lowest BCUT2D eigenvalue weighted by Crippen LogP contribution is -2.40. The molecule has 0 amide bonds. The highest BCUT2D eigenvalue weighted by molar-refractivity contribution is 7.07. The molecule has 60 heavy (non-hydrogen) atoms. The third kappa shape index (κ3) is 8.30. The van der Waals surface area contributed by atoms with E-state index in [2.05, 4.69) is 4.57 Å². The van der Waals surface area contributed by atoms with Gasteiger partial charge in [-0.3, -0.25) is 9.36 Å². The Labute approximate surface area is 350 Å². The topological polar surface area (TPSA) is 137 Å². The zero-order valence-electron chi connectivity index (χ0n) is 33.8. The number of methoxy groups -OCH3 is 1. The van der Waals surface area contributed by atoms with Gasteiger partial charge in [0.1, 0.15) is 0 Å². The van der Waals surface area contributed by atoms with Crippen molar-refractivity contribution < 1.29 is 38.1 Å². The number of thiazole rings is 1. The molecular weight excluding hydrogens is 783 g/mol. The summed E-state index contributed by atoms with van der Waals surface area (Å²) in [6.07, 6.45) is 1.86. The molecule has 2 aromatic heterocycles. The molecule has 0 bridgehead atoms. The molecule has 3 heterocycles. The number of benzene rings is 4. The van der Waals surface area contributed by atoms with Crippen LogP contribution in [0.25, 0.3) is 34.3 Å². The van der Waals surface area contributed by atoms with Gasteiger partial charge in [-0.1, -0.05) is 78.1 Å². The lowest BCUT2D eigenvalue weighted by Gasteiger charge is -2.25. The first-order valence-corrected chi connectivity index (χ1v) is 20.3. The van der Waals surface area contributed by atoms with Crippen LogP contribution in [0, 0.1) is 0 Å². The van der Waals surface area contributed by atoms with Gasteiger partial charge in [0, 0.05) is 11.3 Å². The fourth-order valence-corrected chi connectivity index (χ4v) is 8.15. The van der Waals surface area contributed by atoms with Gasteiger partial charge >= 0.3 is 17.9 Å². The van der Waals surface area contributed by atoms with Crippen LogP contribution in [0.2, 0.25) is 0 Å². The molecule has 0 aliphatic carbocycles. The summed E-state index contributed by atoms with van der Waals surface area (Å²) in [5.74, 6) is -0.968. The van der Waals surface area contributed by atoms with Gasteiger partial charge < -0.3 is 28.3 Å². The van der Waals surface area contributed by atoms with Crippen molar-refractivity contribution in [2.24, 2.45) is 4.99 Å². The zero-order valence-corrected chi connectivity index (χ0v) is 34.6. The van der Waals surface area contributed by atoms with Crippen molar-refractivity contribution in [3.8, 4) is 39.7 Å². The smallest absolute Gasteiger partial charge is 0.343 e. The van der Waals surface area contributed by atoms with Crippen LogP contribution in [-0.4, -0.2) is 60.6 Å². The molecule has 0 N–H and O–H groups in total. The molecule has 0 unspecified atom stereocenters. The maximum atomic E-state index is 14.9. The molecule has 0 fully saturated rings. The maximum absolute atomic E-state index is 14.9. The van der Waals surface area contributed by atoms with Gasteiger partial charge in [-0.2, -0.15) is 0 Å². The summed E-state index contributed by atoms with van der Waals surface area (Å²) in [6, 6.07) is 33.2. The lowest BCUT2D eigenvalue weighted by molar-refractivity contribution is -0.143. The van der Waals surface area contributed by atoms with Crippen LogP contribution >= 0.6 is 11.3 Å². The second-order valence-electron chi connectivity index (χ2n) is 13.5. The van der Waals surface area contributed by atoms with Crippen LogP contribution in [0.15, 0.2) is 130 Å². The molecule has 13 heteroatoms. The number of carbonyl (C=O) groups is 3. The number of nitrogens with zero attached hydrogens (tertiary/aromatic N) is 3. The van der Waals surface area contributed by atoms with Gasteiger partial charge in [-0.15, -0.1) is 0 Å². The highest BCUT2D eigenvalue weighted by Crippen LogP contribution is 2.38. The van der Waals surface area contributed by atoms with Gasteiger partial charge in [0.15, 0.2) is 22.9 Å². The number of aromatic nitrogens is 2. The highest BCUT2D eigenvalue weighted by Gasteiger charge is 2.34. The van der Waals surface area contributed by atoms with Crippen LogP contribution in [0.1, 0.15) is 55.2 Å². The fraction of sp³-hybridized carbons (Fsp3) is 0.213. The number of fused-ring (bicyclic) bond motifs is 1. The van der Waals surface area contributed by atoms with Crippen molar-refractivity contribution in [1.82, 2.24) is 9.13 Å². The van der Waals surface area contributed by atoms with Gasteiger partial charge in [-0.25, -0.2) is 19.4 Å². The number of carbonyl (C=O) groups excluding carboxylic acids is 3. The molecule has 1 aliphatic heterocycles. The Hall–Kier alpha value is -6.99. The second-order valence-corrected chi connectivity index (χ2v) is 14.5. The third-order valence-electron chi connectivity index (χ3n) is 9.74. The molecular formula is C47H43N3O9S. The molecule has 0 radical (unpaired) electrons. The van der Waals surface area contributed by atoms with Crippen LogP contribution in [0.4, 0.5) is 0 Å². The summed E-state index contributed by atoms with van der Waals surface area (Å²) in [4.78, 5) is 58.3. The predicted molar refractivity (Wildman–Crippen MR) is 228 cm³/mol. The van der Waals surface area contributed by atoms with Crippen molar-refractivity contribution in [2.75, 3.05) is 33.5 Å². The van der Waals surface area contributed by atoms with E-state index in [4.69, 9.17) is 28.7 Å². The first-order chi connectivity index (χ1) is 29.2. The summed E-state index contributed by atoms with van der Waals surface area (Å²) in [6.45, 7) is 7.35. The Bertz CT molecular complexity index is 2770. The van der Waals surface area contributed by atoms with E-state index in [1.807, 2.05) is 91.9 Å². The van der Waals surface area contributed by atoms with Gasteiger partial charge in [0.05, 0.1) is 65.7 Å². The highest BCUT2D eigenvalue weighted by atomic mass is 32.1. The van der Waals surface area contributed by atoms with Gasteiger partial charge in [0.2, 0.25) is 0 Å². The van der Waals surface area contributed by atoms with E-state index in [9.17, 15) is 19.2 Å². The molecule has 6 aromatic rings. The molecule has 0 spiro atoms. The molecule has 1 atom stereocenters. The average Bonchev–Trinajstić information content (AvgIpc) is 3.79. The van der Waals surface area contributed by atoms with Crippen molar-refractivity contribution in [2.45, 2.75) is 33.7 Å². The van der Waals surface area contributed by atoms with Crippen molar-refractivity contribution in [3.05, 3.63) is 157 Å². The molecule has 1 aliphatic rings. The van der Waals surface area contributed by atoms with Gasteiger partial charge in [-0.05, 0) is 92.9 Å². The summed E-state index contributed by atoms with van der Waals surface area (Å²) in [7, 11) is 1.27. The van der Waals surface area contributed by atoms with Crippen molar-refractivity contribution in [3.63, 3.8) is 0 Å². The quantitative estimate of drug-likeness (QED) is 0.0836. The fourth-order valence-electron chi connectivity index (χ4n) is 7.11. The largest absolute Gasteiger partial charge is 0.490 e. The predicted octanol–water partition coefficient (Wildman–Crippen LogP) is 7.05. The third-order valence-corrected chi connectivity index (χ3v) is 10.7. The molecule has 7 rings (SSSR count). The minimum atomic E-state index is -0.938. The van der Waals surface area contributed by atoms with E-state index >= 15 is 0 Å². The van der Waals surface area contributed by atoms with Crippen LogP contribution in [-0.2, 0) is 23.8 Å². The number of ether oxygens (including phenoxy) is 5. The SMILES string of the molecule is CCOC(=O)C1=C(C)N=c2s/c(=C/c3cc(-c4ccccc4)n(-c4ccc(C(=O)OCC)cc4)c3-c3ccccc3)c(=O)n2[C@@H]1c1ccc(OCC(=O)OC)c(OCC)c1. The lowest BCUT2D eigenvalue weighted by atomic mass is 9.95. The minimum Gasteiger partial charge on any atom is -0.490 e. The van der Waals surface area contributed by atoms with Crippen LogP contribution in [0.3, 0.4) is 0 Å². The van der Waals surface area contributed by atoms with Crippen molar-refractivity contribution in [1.29, 1.82) is 0 Å². The number of hydrogen-bond acceptors (Lipinski definition) is 11. The number of hydrogen-bond donors (Lipinski definition) is 0. The Kier molecular flexibility index (Phi) is 12.6. The van der Waals surface area contributed by atoms with Crippen LogP contribution < -0.4 is 24.4 Å². The Balaban J connectivity index is 1.45. The van der Waals surface area contributed by atoms with E-state index in [-0.39, 0.29) is 37.6 Å². The zero-order chi connectivity index (χ0) is 42.3. The Morgan fingerprint density at radius 1 is 0.767 bits per heavy atom. The van der Waals surface area contributed by atoms with E-state index in [1.54, 1.807) is 51.1 Å². The number of rotatable bonds is 14. The summed E-state index contributed by atoms with van der Waals surface area (Å²) in [5, 5.41) is 0. The summed E-state index contributed by atoms with van der Waals surface area (Å²) in [5.41, 5.74) is 6.26. The molecule has 0 saturated carbocycles. The average molecular weight is 826 g/mol. The van der Waals surface area contributed by atoms with Crippen molar-refractivity contribution >= 4 is 35.3 Å². The first-order valence-electron chi connectivity index (χ1n) is 19.5. The van der Waals surface area contributed by atoms with E-state index in [0.717, 1.165) is 33.8 Å². The van der Waals surface area contributed by atoms with Crippen LogP contribution in [0.5, 0.6) is 11.5 Å². The summed E-state index contributed by atoms with van der Waals surface area (Å²) >= 11 is 1.21. The second kappa shape index (κ2) is 18.3. The Morgan fingerprint density at radius 2 is 1.43 bits per heavy atom. The number of esters is 3. The number of allylic oxidation sites excluding steroid dienone is 1. The first kappa shape index (κ1) is 41.2. The molecule has 4 aromatic carbocycles. The van der Waals surface area contributed by atoms with E-state index in [0.29, 0.717) is 37.7 Å². The maximum Gasteiger partial charge on any atom is 0.343 e. The monoisotopic (exact) mass is 825 g/mol. The normalized spacial score (nSPS) is 13.6. The molecule has 0 saturated heterocycles. The van der Waals surface area contributed by atoms with E-state index < -0.39 is 23.9 Å². The Morgan fingerprint density at radius 3 is 2.08 bits per heavy atom. The minimum absolute atomic E-state index is 0.117. The molecule has 12 nitrogen and oxygen atoms in total. The van der Waals surface area contributed by atoms with Gasteiger partial charge in [0.25, 0.3) is 5.56 Å². The summed E-state index contributed by atoms with van der Waals surface area (Å²) < 4.78 is 31.2.